The molecule has 1 fully saturated rings. The normalized spacial score (nSPS) is 23.9. The summed E-state index contributed by atoms with van der Waals surface area (Å²) in [6, 6.07) is 9.47. The number of aromatic nitrogens is 2. The molecule has 2 aliphatic rings. The number of carbonyl (C=O) groups is 2. The predicted octanol–water partition coefficient (Wildman–Crippen LogP) is 1.52. The molecule has 7 nitrogen and oxygen atoms in total. The Hall–Kier alpha value is -2.83. The topological polar surface area (TPSA) is 84.7 Å². The molecule has 2 aromatic rings. The number of carboxylic acids is 1. The van der Waals surface area contributed by atoms with Gasteiger partial charge in [-0.05, 0) is 30.5 Å². The van der Waals surface area contributed by atoms with Crippen LogP contribution in [0.3, 0.4) is 0 Å². The average molecular weight is 369 g/mol. The number of para-hydroxylation sites is 1. The van der Waals surface area contributed by atoms with E-state index in [0.717, 1.165) is 17.0 Å². The summed E-state index contributed by atoms with van der Waals surface area (Å²) in [5, 5.41) is 14.2. The molecule has 7 heteroatoms. The van der Waals surface area contributed by atoms with Crippen LogP contribution in [0.4, 0.5) is 0 Å². The Bertz CT molecular complexity index is 878. The second-order valence-corrected chi connectivity index (χ2v) is 7.47. The van der Waals surface area contributed by atoms with Gasteiger partial charge in [-0.15, -0.1) is 0 Å². The standard InChI is InChI=1S/C20H23N3O4/c1-22-16(8-9-21-22)6-7-18(24)23-11-15-12-27-17-5-3-2-4-14(17)10-20(15,13-23)19(25)26/h2-5,8-9,15H,6-7,10-13H2,1H3,(H,25,26). The van der Waals surface area contributed by atoms with Crippen molar-refractivity contribution in [3.8, 4) is 5.75 Å². The van der Waals surface area contributed by atoms with Crippen molar-refractivity contribution in [1.29, 1.82) is 0 Å². The van der Waals surface area contributed by atoms with Crippen LogP contribution in [-0.2, 0) is 29.5 Å². The number of amides is 1. The first-order chi connectivity index (χ1) is 13.0. The molecular formula is C20H23N3O4. The largest absolute Gasteiger partial charge is 0.493 e. The van der Waals surface area contributed by atoms with Crippen molar-refractivity contribution in [1.82, 2.24) is 14.7 Å². The van der Waals surface area contributed by atoms with Crippen LogP contribution in [0.25, 0.3) is 0 Å². The number of likely N-dealkylation sites (tertiary alicyclic amines) is 1. The van der Waals surface area contributed by atoms with Gasteiger partial charge in [0.05, 0.1) is 12.0 Å². The van der Waals surface area contributed by atoms with Crippen molar-refractivity contribution in [3.05, 3.63) is 47.8 Å². The van der Waals surface area contributed by atoms with Crippen LogP contribution in [-0.4, -0.2) is 51.4 Å². The van der Waals surface area contributed by atoms with Crippen molar-refractivity contribution >= 4 is 11.9 Å². The van der Waals surface area contributed by atoms with Gasteiger partial charge in [-0.2, -0.15) is 5.10 Å². The van der Waals surface area contributed by atoms with Crippen LogP contribution in [0.5, 0.6) is 5.75 Å². The van der Waals surface area contributed by atoms with Crippen LogP contribution in [0.15, 0.2) is 36.5 Å². The lowest BCUT2D eigenvalue weighted by molar-refractivity contribution is -0.151. The highest BCUT2D eigenvalue weighted by Crippen LogP contribution is 2.44. The minimum Gasteiger partial charge on any atom is -0.493 e. The molecule has 1 N–H and O–H groups in total. The van der Waals surface area contributed by atoms with E-state index in [-0.39, 0.29) is 18.4 Å². The summed E-state index contributed by atoms with van der Waals surface area (Å²) in [7, 11) is 1.85. The quantitative estimate of drug-likeness (QED) is 0.883. The number of hydrogen-bond donors (Lipinski definition) is 1. The Kier molecular flexibility index (Phi) is 4.37. The summed E-state index contributed by atoms with van der Waals surface area (Å²) < 4.78 is 7.64. The lowest BCUT2D eigenvalue weighted by Crippen LogP contribution is -2.42. The molecule has 3 heterocycles. The van der Waals surface area contributed by atoms with Gasteiger partial charge in [-0.25, -0.2) is 0 Å². The molecule has 142 valence electrons. The maximum absolute atomic E-state index is 12.8. The maximum Gasteiger partial charge on any atom is 0.312 e. The van der Waals surface area contributed by atoms with Crippen LogP contribution >= 0.6 is 0 Å². The Morgan fingerprint density at radius 3 is 2.89 bits per heavy atom. The van der Waals surface area contributed by atoms with Crippen molar-refractivity contribution < 1.29 is 19.4 Å². The summed E-state index contributed by atoms with van der Waals surface area (Å²) in [5.74, 6) is -0.336. The Morgan fingerprint density at radius 1 is 1.33 bits per heavy atom. The van der Waals surface area contributed by atoms with Crippen molar-refractivity contribution in [3.63, 3.8) is 0 Å². The number of aliphatic carboxylic acids is 1. The molecule has 2 aliphatic heterocycles. The van der Waals surface area contributed by atoms with E-state index < -0.39 is 11.4 Å². The van der Waals surface area contributed by atoms with Gasteiger partial charge in [0, 0.05) is 44.4 Å². The minimum atomic E-state index is -0.991. The fourth-order valence-corrected chi connectivity index (χ4v) is 4.26. The van der Waals surface area contributed by atoms with Gasteiger partial charge in [0.15, 0.2) is 0 Å². The molecule has 1 saturated heterocycles. The molecular weight excluding hydrogens is 346 g/mol. The molecule has 4 rings (SSSR count). The zero-order valence-electron chi connectivity index (χ0n) is 15.3. The molecule has 0 bridgehead atoms. The third-order valence-corrected chi connectivity index (χ3v) is 5.91. The second kappa shape index (κ2) is 6.72. The summed E-state index contributed by atoms with van der Waals surface area (Å²) >= 11 is 0. The molecule has 27 heavy (non-hydrogen) atoms. The summed E-state index contributed by atoms with van der Waals surface area (Å²) in [6.45, 7) is 0.967. The molecule has 1 aromatic carbocycles. The van der Waals surface area contributed by atoms with Crippen LogP contribution in [0, 0.1) is 11.3 Å². The van der Waals surface area contributed by atoms with Crippen LogP contribution < -0.4 is 4.74 Å². The SMILES string of the molecule is Cn1nccc1CCC(=O)N1CC2COc3ccccc3CC2(C(=O)O)C1. The molecule has 2 atom stereocenters. The number of carboxylic acid groups (broad SMARTS) is 1. The highest BCUT2D eigenvalue weighted by Gasteiger charge is 2.55. The third kappa shape index (κ3) is 3.07. The van der Waals surface area contributed by atoms with Gasteiger partial charge < -0.3 is 14.7 Å². The maximum atomic E-state index is 12.8. The van der Waals surface area contributed by atoms with E-state index in [1.54, 1.807) is 15.8 Å². The fourth-order valence-electron chi connectivity index (χ4n) is 4.26. The Balaban J connectivity index is 1.52. The third-order valence-electron chi connectivity index (χ3n) is 5.91. The van der Waals surface area contributed by atoms with E-state index in [9.17, 15) is 14.7 Å². The number of benzene rings is 1. The number of fused-ring (bicyclic) bond motifs is 2. The van der Waals surface area contributed by atoms with Crippen LogP contribution in [0.2, 0.25) is 0 Å². The molecule has 0 spiro atoms. The molecule has 0 saturated carbocycles. The van der Waals surface area contributed by atoms with Crippen molar-refractivity contribution in [2.75, 3.05) is 19.7 Å². The second-order valence-electron chi connectivity index (χ2n) is 7.47. The van der Waals surface area contributed by atoms with Gasteiger partial charge in [0.1, 0.15) is 5.75 Å². The van der Waals surface area contributed by atoms with Gasteiger partial charge in [-0.1, -0.05) is 18.2 Å². The molecule has 2 unspecified atom stereocenters. The number of carbonyl (C=O) groups excluding carboxylic acids is 1. The van der Waals surface area contributed by atoms with Gasteiger partial charge in [-0.3, -0.25) is 14.3 Å². The Labute approximate surface area is 157 Å². The average Bonchev–Trinajstić information content (AvgIpc) is 3.19. The number of aryl methyl sites for hydroxylation is 2. The van der Waals surface area contributed by atoms with E-state index in [1.165, 1.54) is 0 Å². The van der Waals surface area contributed by atoms with E-state index in [0.29, 0.717) is 32.4 Å². The number of hydrogen-bond acceptors (Lipinski definition) is 4. The zero-order valence-corrected chi connectivity index (χ0v) is 15.3. The van der Waals surface area contributed by atoms with E-state index in [2.05, 4.69) is 5.10 Å². The lowest BCUT2D eigenvalue weighted by atomic mass is 9.74. The van der Waals surface area contributed by atoms with Crippen molar-refractivity contribution in [2.24, 2.45) is 18.4 Å². The highest BCUT2D eigenvalue weighted by atomic mass is 16.5. The zero-order chi connectivity index (χ0) is 19.0. The first-order valence-corrected chi connectivity index (χ1v) is 9.18. The van der Waals surface area contributed by atoms with E-state index in [1.807, 2.05) is 37.4 Å². The molecule has 0 aliphatic carbocycles. The van der Waals surface area contributed by atoms with Crippen LogP contribution in [0.1, 0.15) is 17.7 Å². The van der Waals surface area contributed by atoms with E-state index in [4.69, 9.17) is 4.74 Å². The van der Waals surface area contributed by atoms with Crippen molar-refractivity contribution in [2.45, 2.75) is 19.3 Å². The van der Waals surface area contributed by atoms with Gasteiger partial charge in [0.2, 0.25) is 5.91 Å². The number of nitrogens with zero attached hydrogens (tertiary/aromatic N) is 3. The lowest BCUT2D eigenvalue weighted by Gasteiger charge is -2.27. The highest BCUT2D eigenvalue weighted by molar-refractivity contribution is 5.81. The predicted molar refractivity (Wildman–Crippen MR) is 97.3 cm³/mol. The molecule has 1 amide bonds. The summed E-state index contributed by atoms with van der Waals surface area (Å²) in [6.07, 6.45) is 3.03. The summed E-state index contributed by atoms with van der Waals surface area (Å²) in [5.41, 5.74) is 0.892. The molecule has 0 radical (unpaired) electrons. The Morgan fingerprint density at radius 2 is 2.15 bits per heavy atom. The monoisotopic (exact) mass is 369 g/mol. The first kappa shape index (κ1) is 17.6. The number of rotatable bonds is 4. The molecule has 1 aromatic heterocycles. The van der Waals surface area contributed by atoms with Gasteiger partial charge in [0.25, 0.3) is 0 Å². The fraction of sp³-hybridized carbons (Fsp3) is 0.450. The minimum absolute atomic E-state index is 0.0156. The first-order valence-electron chi connectivity index (χ1n) is 9.18. The summed E-state index contributed by atoms with van der Waals surface area (Å²) in [4.78, 5) is 26.7. The van der Waals surface area contributed by atoms with E-state index >= 15 is 0 Å². The smallest absolute Gasteiger partial charge is 0.312 e. The number of ether oxygens (including phenoxy) is 1. The van der Waals surface area contributed by atoms with Gasteiger partial charge >= 0.3 is 5.97 Å².